The van der Waals surface area contributed by atoms with Gasteiger partial charge in [-0.2, -0.15) is 0 Å². The second-order valence-corrected chi connectivity index (χ2v) is 7.71. The summed E-state index contributed by atoms with van der Waals surface area (Å²) in [7, 11) is 0. The highest BCUT2D eigenvalue weighted by Gasteiger charge is 2.24. The third kappa shape index (κ3) is 2.70. The Balaban J connectivity index is 1.43. The lowest BCUT2D eigenvalue weighted by atomic mass is 9.98. The quantitative estimate of drug-likeness (QED) is 0.813. The molecule has 0 bridgehead atoms. The van der Waals surface area contributed by atoms with Crippen molar-refractivity contribution >= 4 is 17.5 Å². The van der Waals surface area contributed by atoms with Gasteiger partial charge in [0.15, 0.2) is 0 Å². The summed E-state index contributed by atoms with van der Waals surface area (Å²) in [6.45, 7) is 2.99. The molecule has 2 heteroatoms. The van der Waals surface area contributed by atoms with Crippen molar-refractivity contribution in [3.63, 3.8) is 0 Å². The maximum absolute atomic E-state index is 4.88. The van der Waals surface area contributed by atoms with E-state index >= 15 is 0 Å². The van der Waals surface area contributed by atoms with Crippen LogP contribution in [0.3, 0.4) is 0 Å². The van der Waals surface area contributed by atoms with Gasteiger partial charge in [0.1, 0.15) is 0 Å². The van der Waals surface area contributed by atoms with Crippen LogP contribution in [0.5, 0.6) is 0 Å². The maximum atomic E-state index is 4.88. The Kier molecular flexibility index (Phi) is 3.51. The predicted molar refractivity (Wildman–Crippen MR) is 105 cm³/mol. The first-order chi connectivity index (χ1) is 12.3. The summed E-state index contributed by atoms with van der Waals surface area (Å²) in [5.41, 5.74) is 10.7. The van der Waals surface area contributed by atoms with Crippen molar-refractivity contribution in [1.29, 1.82) is 0 Å². The van der Waals surface area contributed by atoms with E-state index in [-0.39, 0.29) is 0 Å². The van der Waals surface area contributed by atoms with Gasteiger partial charge in [-0.3, -0.25) is 4.99 Å². The second-order valence-electron chi connectivity index (χ2n) is 7.71. The topological polar surface area (TPSA) is 24.4 Å². The molecule has 0 aromatic heterocycles. The molecule has 1 aliphatic heterocycles. The Hall–Kier alpha value is -2.35. The smallest absolute Gasteiger partial charge is 0.0690 e. The molecule has 0 saturated heterocycles. The zero-order chi connectivity index (χ0) is 16.8. The van der Waals surface area contributed by atoms with E-state index in [9.17, 15) is 0 Å². The van der Waals surface area contributed by atoms with E-state index in [2.05, 4.69) is 54.7 Å². The van der Waals surface area contributed by atoms with E-state index in [1.54, 1.807) is 0 Å². The van der Waals surface area contributed by atoms with Gasteiger partial charge in [-0.05, 0) is 60.2 Å². The summed E-state index contributed by atoms with van der Waals surface area (Å²) < 4.78 is 0. The summed E-state index contributed by atoms with van der Waals surface area (Å²) in [5, 5.41) is 3.73. The standard InChI is InChI=1S/C23H24N2/c1-15-6-7-16-11-19(12-18(16)10-15)23-22-13-21(9-8-17(22)14-24-23)25-20-4-2-3-5-20/h6-11,13,20,25H,2-5,12,14H2,1H3. The number of hydrogen-bond donors (Lipinski definition) is 1. The minimum atomic E-state index is 0.651. The Morgan fingerprint density at radius 1 is 1.00 bits per heavy atom. The third-order valence-corrected chi connectivity index (χ3v) is 5.81. The fraction of sp³-hybridized carbons (Fsp3) is 0.348. The van der Waals surface area contributed by atoms with Gasteiger partial charge in [-0.25, -0.2) is 0 Å². The molecule has 1 N–H and O–H groups in total. The Bertz CT molecular complexity index is 898. The minimum Gasteiger partial charge on any atom is -0.382 e. The summed E-state index contributed by atoms with van der Waals surface area (Å²) in [6, 6.07) is 14.2. The summed E-state index contributed by atoms with van der Waals surface area (Å²) in [5.74, 6) is 0. The lowest BCUT2D eigenvalue weighted by Crippen LogP contribution is -2.15. The number of hydrogen-bond acceptors (Lipinski definition) is 2. The molecule has 2 aliphatic carbocycles. The van der Waals surface area contributed by atoms with Gasteiger partial charge < -0.3 is 5.32 Å². The second kappa shape index (κ2) is 5.87. The predicted octanol–water partition coefficient (Wildman–Crippen LogP) is 5.29. The zero-order valence-corrected chi connectivity index (χ0v) is 14.8. The van der Waals surface area contributed by atoms with Crippen LogP contribution in [0.25, 0.3) is 6.08 Å². The number of benzene rings is 2. The van der Waals surface area contributed by atoms with E-state index in [0.29, 0.717) is 6.04 Å². The molecule has 2 aromatic carbocycles. The molecule has 1 saturated carbocycles. The monoisotopic (exact) mass is 328 g/mol. The number of nitrogens with one attached hydrogen (secondary N) is 1. The van der Waals surface area contributed by atoms with Crippen molar-refractivity contribution in [2.24, 2.45) is 4.99 Å². The molecule has 0 spiro atoms. The van der Waals surface area contributed by atoms with Crippen LogP contribution in [-0.2, 0) is 13.0 Å². The number of fused-ring (bicyclic) bond motifs is 2. The van der Waals surface area contributed by atoms with Crippen molar-refractivity contribution < 1.29 is 0 Å². The van der Waals surface area contributed by atoms with Crippen molar-refractivity contribution in [3.8, 4) is 0 Å². The van der Waals surface area contributed by atoms with Crippen LogP contribution in [0.1, 0.15) is 53.5 Å². The van der Waals surface area contributed by atoms with Gasteiger partial charge in [0.25, 0.3) is 0 Å². The molecule has 0 amide bonds. The fourth-order valence-electron chi connectivity index (χ4n) is 4.48. The molecule has 0 radical (unpaired) electrons. The molecular formula is C23H24N2. The number of nitrogens with zero attached hydrogens (tertiary/aromatic N) is 1. The Morgan fingerprint density at radius 3 is 2.76 bits per heavy atom. The lowest BCUT2D eigenvalue weighted by Gasteiger charge is -2.15. The molecular weight excluding hydrogens is 304 g/mol. The van der Waals surface area contributed by atoms with Crippen molar-refractivity contribution in [2.75, 3.05) is 5.32 Å². The van der Waals surface area contributed by atoms with Gasteiger partial charge in [-0.15, -0.1) is 0 Å². The number of anilines is 1. The summed E-state index contributed by atoms with van der Waals surface area (Å²) in [4.78, 5) is 4.88. The van der Waals surface area contributed by atoms with Crippen LogP contribution in [-0.4, -0.2) is 11.8 Å². The van der Waals surface area contributed by atoms with Crippen LogP contribution in [0, 0.1) is 6.92 Å². The van der Waals surface area contributed by atoms with Gasteiger partial charge >= 0.3 is 0 Å². The van der Waals surface area contributed by atoms with E-state index in [1.165, 1.54) is 70.5 Å². The van der Waals surface area contributed by atoms with Gasteiger partial charge in [-0.1, -0.05) is 42.7 Å². The average Bonchev–Trinajstić information content (AvgIpc) is 3.32. The summed E-state index contributed by atoms with van der Waals surface area (Å²) in [6.07, 6.45) is 8.67. The maximum Gasteiger partial charge on any atom is 0.0690 e. The normalized spacial score (nSPS) is 18.8. The van der Waals surface area contributed by atoms with Gasteiger partial charge in [0.05, 0.1) is 12.3 Å². The molecule has 2 aromatic rings. The van der Waals surface area contributed by atoms with Crippen molar-refractivity contribution in [3.05, 3.63) is 69.8 Å². The highest BCUT2D eigenvalue weighted by molar-refractivity contribution is 6.18. The molecule has 5 rings (SSSR count). The first-order valence-corrected chi connectivity index (χ1v) is 9.51. The van der Waals surface area contributed by atoms with E-state index in [4.69, 9.17) is 4.99 Å². The lowest BCUT2D eigenvalue weighted by molar-refractivity contribution is 0.755. The first-order valence-electron chi connectivity index (χ1n) is 9.51. The number of allylic oxidation sites excluding steroid dienone is 1. The van der Waals surface area contributed by atoms with E-state index in [1.807, 2.05) is 0 Å². The van der Waals surface area contributed by atoms with Crippen LogP contribution < -0.4 is 5.32 Å². The first kappa shape index (κ1) is 14.9. The molecule has 126 valence electrons. The molecule has 0 atom stereocenters. The van der Waals surface area contributed by atoms with E-state index in [0.717, 1.165) is 13.0 Å². The van der Waals surface area contributed by atoms with Gasteiger partial charge in [0.2, 0.25) is 0 Å². The molecule has 2 nitrogen and oxygen atoms in total. The molecule has 1 fully saturated rings. The van der Waals surface area contributed by atoms with Crippen LogP contribution in [0.2, 0.25) is 0 Å². The highest BCUT2D eigenvalue weighted by atomic mass is 14.9. The van der Waals surface area contributed by atoms with Crippen molar-refractivity contribution in [2.45, 2.75) is 51.6 Å². The largest absolute Gasteiger partial charge is 0.382 e. The van der Waals surface area contributed by atoms with Crippen LogP contribution in [0.15, 0.2) is 47.0 Å². The van der Waals surface area contributed by atoms with Crippen LogP contribution in [0.4, 0.5) is 5.69 Å². The molecule has 3 aliphatic rings. The van der Waals surface area contributed by atoms with Gasteiger partial charge in [0, 0.05) is 23.7 Å². The number of aryl methyl sites for hydroxylation is 1. The van der Waals surface area contributed by atoms with Crippen molar-refractivity contribution in [1.82, 2.24) is 0 Å². The zero-order valence-electron chi connectivity index (χ0n) is 14.8. The number of aliphatic imine (C=N–C) groups is 1. The SMILES string of the molecule is Cc1ccc2c(c1)CC(C1=NCc3ccc(NC4CCCC4)cc31)=C2. The highest BCUT2D eigenvalue weighted by Crippen LogP contribution is 2.33. The fourth-order valence-corrected chi connectivity index (χ4v) is 4.48. The average molecular weight is 328 g/mol. The van der Waals surface area contributed by atoms with E-state index < -0.39 is 0 Å². The molecule has 0 unspecified atom stereocenters. The molecule has 1 heterocycles. The van der Waals surface area contributed by atoms with Crippen LogP contribution >= 0.6 is 0 Å². The summed E-state index contributed by atoms with van der Waals surface area (Å²) >= 11 is 0. The number of rotatable bonds is 3. The Morgan fingerprint density at radius 2 is 1.88 bits per heavy atom. The molecule has 25 heavy (non-hydrogen) atoms. The third-order valence-electron chi connectivity index (χ3n) is 5.81. The minimum absolute atomic E-state index is 0.651. The Labute approximate surface area is 149 Å².